The van der Waals surface area contributed by atoms with Gasteiger partial charge in [-0.25, -0.2) is 4.99 Å². The van der Waals surface area contributed by atoms with Crippen molar-refractivity contribution in [3.05, 3.63) is 18.0 Å². The van der Waals surface area contributed by atoms with E-state index >= 15 is 0 Å². The van der Waals surface area contributed by atoms with Crippen molar-refractivity contribution >= 4 is 35.8 Å². The summed E-state index contributed by atoms with van der Waals surface area (Å²) in [6, 6.07) is 1.82. The van der Waals surface area contributed by atoms with Gasteiger partial charge in [-0.05, 0) is 25.7 Å². The summed E-state index contributed by atoms with van der Waals surface area (Å²) in [5, 5.41) is 9.89. The number of amides is 1. The molecule has 1 fully saturated rings. The van der Waals surface area contributed by atoms with Gasteiger partial charge in [-0.1, -0.05) is 5.16 Å². The van der Waals surface area contributed by atoms with Crippen molar-refractivity contribution in [2.24, 2.45) is 10.9 Å². The van der Waals surface area contributed by atoms with Gasteiger partial charge in [-0.15, -0.1) is 24.0 Å². The molecule has 1 amide bonds. The fraction of sp³-hybridized carbons (Fsp3) is 0.667. The molecule has 8 heteroatoms. The van der Waals surface area contributed by atoms with Gasteiger partial charge in [-0.3, -0.25) is 4.79 Å². The van der Waals surface area contributed by atoms with E-state index in [1.54, 1.807) is 13.3 Å². The highest BCUT2D eigenvalue weighted by atomic mass is 127. The molecule has 0 aliphatic carbocycles. The number of likely N-dealkylation sites (tertiary alicyclic amines) is 1. The molecule has 0 aromatic carbocycles. The van der Waals surface area contributed by atoms with Gasteiger partial charge in [0.25, 0.3) is 0 Å². The van der Waals surface area contributed by atoms with Crippen LogP contribution < -0.4 is 10.6 Å². The Labute approximate surface area is 154 Å². The van der Waals surface area contributed by atoms with Crippen LogP contribution in [-0.4, -0.2) is 48.6 Å². The van der Waals surface area contributed by atoms with Crippen LogP contribution in [0.25, 0.3) is 0 Å². The van der Waals surface area contributed by atoms with Crippen molar-refractivity contribution < 1.29 is 9.32 Å². The minimum atomic E-state index is 0. The molecule has 1 aliphatic rings. The van der Waals surface area contributed by atoms with Crippen LogP contribution in [0.5, 0.6) is 0 Å². The Hall–Kier alpha value is -1.32. The van der Waals surface area contributed by atoms with Crippen molar-refractivity contribution in [1.29, 1.82) is 0 Å². The Morgan fingerprint density at radius 2 is 2.22 bits per heavy atom. The molecule has 1 aromatic heterocycles. The van der Waals surface area contributed by atoms with Gasteiger partial charge in [0.1, 0.15) is 12.0 Å². The minimum absolute atomic E-state index is 0. The number of rotatable bonds is 5. The van der Waals surface area contributed by atoms with E-state index in [1.807, 2.05) is 6.07 Å². The zero-order valence-electron chi connectivity index (χ0n) is 13.7. The second-order valence-electron chi connectivity index (χ2n) is 5.47. The molecule has 23 heavy (non-hydrogen) atoms. The first-order chi connectivity index (χ1) is 10.7. The zero-order valence-corrected chi connectivity index (χ0v) is 16.1. The van der Waals surface area contributed by atoms with E-state index < -0.39 is 0 Å². The molecule has 2 N–H and O–H groups in total. The summed E-state index contributed by atoms with van der Waals surface area (Å²) in [6.07, 6.45) is 4.21. The van der Waals surface area contributed by atoms with Gasteiger partial charge < -0.3 is 20.1 Å². The van der Waals surface area contributed by atoms with Crippen LogP contribution in [-0.2, 0) is 11.3 Å². The maximum Gasteiger partial charge on any atom is 0.220 e. The average molecular weight is 435 g/mol. The Kier molecular flexibility index (Phi) is 8.97. The number of halogens is 1. The maximum absolute atomic E-state index is 11.5. The highest BCUT2D eigenvalue weighted by Crippen LogP contribution is 2.20. The smallest absolute Gasteiger partial charge is 0.220 e. The number of hydrogen-bond acceptors (Lipinski definition) is 4. The second kappa shape index (κ2) is 10.5. The fourth-order valence-electron chi connectivity index (χ4n) is 2.61. The van der Waals surface area contributed by atoms with E-state index in [1.165, 1.54) is 0 Å². The van der Waals surface area contributed by atoms with Crippen molar-refractivity contribution in [3.63, 3.8) is 0 Å². The summed E-state index contributed by atoms with van der Waals surface area (Å²) in [4.78, 5) is 18.3. The van der Waals surface area contributed by atoms with Crippen LogP contribution in [0.15, 0.2) is 21.8 Å². The maximum atomic E-state index is 11.5. The zero-order chi connectivity index (χ0) is 15.8. The van der Waals surface area contributed by atoms with E-state index in [4.69, 9.17) is 4.52 Å². The molecule has 0 spiro atoms. The number of carbonyl (C=O) groups excluding carboxylic acids is 1. The fourth-order valence-corrected chi connectivity index (χ4v) is 2.61. The van der Waals surface area contributed by atoms with Gasteiger partial charge >= 0.3 is 0 Å². The third-order valence-electron chi connectivity index (χ3n) is 3.88. The number of piperidine rings is 1. The number of aromatic nitrogens is 1. The van der Waals surface area contributed by atoms with Crippen LogP contribution >= 0.6 is 24.0 Å². The summed E-state index contributed by atoms with van der Waals surface area (Å²) >= 11 is 0. The summed E-state index contributed by atoms with van der Waals surface area (Å²) in [5.74, 6) is 1.50. The number of guanidine groups is 1. The first kappa shape index (κ1) is 19.7. The normalized spacial score (nSPS) is 15.9. The molecule has 0 atom stereocenters. The van der Waals surface area contributed by atoms with Crippen LogP contribution in [0.4, 0.5) is 0 Å². The molecule has 2 heterocycles. The molecular formula is C15H26IN5O2. The Morgan fingerprint density at radius 3 is 2.78 bits per heavy atom. The Bertz CT molecular complexity index is 484. The van der Waals surface area contributed by atoms with Crippen molar-refractivity contribution in [2.75, 3.05) is 26.7 Å². The largest absolute Gasteiger partial charge is 0.364 e. The predicted octanol–water partition coefficient (Wildman–Crippen LogP) is 1.61. The van der Waals surface area contributed by atoms with Crippen molar-refractivity contribution in [3.8, 4) is 0 Å². The SMILES string of the molecule is CCNC(=NCc1ccon1)N1CCC(CC(=O)NC)CC1.I. The summed E-state index contributed by atoms with van der Waals surface area (Å²) in [5.41, 5.74) is 0.824. The summed E-state index contributed by atoms with van der Waals surface area (Å²) < 4.78 is 4.82. The molecular weight excluding hydrogens is 409 g/mol. The number of carbonyl (C=O) groups is 1. The predicted molar refractivity (Wildman–Crippen MR) is 99.7 cm³/mol. The van der Waals surface area contributed by atoms with E-state index in [9.17, 15) is 4.79 Å². The van der Waals surface area contributed by atoms with Gasteiger partial charge in [0.2, 0.25) is 5.91 Å². The van der Waals surface area contributed by atoms with E-state index in [-0.39, 0.29) is 29.9 Å². The lowest BCUT2D eigenvalue weighted by Gasteiger charge is -2.34. The quantitative estimate of drug-likeness (QED) is 0.417. The van der Waals surface area contributed by atoms with Gasteiger partial charge in [0, 0.05) is 39.2 Å². The number of nitrogens with zero attached hydrogens (tertiary/aromatic N) is 3. The van der Waals surface area contributed by atoms with Gasteiger partial charge in [-0.2, -0.15) is 0 Å². The number of hydrogen-bond donors (Lipinski definition) is 2. The third-order valence-corrected chi connectivity index (χ3v) is 3.88. The van der Waals surface area contributed by atoms with Crippen LogP contribution in [0.1, 0.15) is 31.9 Å². The lowest BCUT2D eigenvalue weighted by Crippen LogP contribution is -2.46. The topological polar surface area (TPSA) is 82.8 Å². The molecule has 1 aromatic rings. The first-order valence-corrected chi connectivity index (χ1v) is 7.86. The van der Waals surface area contributed by atoms with E-state index in [0.29, 0.717) is 18.9 Å². The molecule has 1 saturated heterocycles. The standard InChI is InChI=1S/C15H25N5O2.HI/c1-3-17-15(18-11-13-6-9-22-19-13)20-7-4-12(5-8-20)10-14(21)16-2;/h6,9,12H,3-5,7-8,10-11H2,1-2H3,(H,16,21)(H,17,18);1H. The van der Waals surface area contributed by atoms with Crippen LogP contribution in [0, 0.1) is 5.92 Å². The summed E-state index contributed by atoms with van der Waals surface area (Å²) in [7, 11) is 1.69. The van der Waals surface area contributed by atoms with Crippen molar-refractivity contribution in [2.45, 2.75) is 32.7 Å². The molecule has 7 nitrogen and oxygen atoms in total. The number of nitrogens with one attached hydrogen (secondary N) is 2. The molecule has 2 rings (SSSR count). The summed E-state index contributed by atoms with van der Waals surface area (Å²) in [6.45, 7) is 5.25. The minimum Gasteiger partial charge on any atom is -0.364 e. The van der Waals surface area contributed by atoms with Crippen molar-refractivity contribution in [1.82, 2.24) is 20.7 Å². The molecule has 0 unspecified atom stereocenters. The number of aliphatic imine (C=N–C) groups is 1. The molecule has 0 bridgehead atoms. The second-order valence-corrected chi connectivity index (χ2v) is 5.47. The lowest BCUT2D eigenvalue weighted by molar-refractivity contribution is -0.121. The highest BCUT2D eigenvalue weighted by molar-refractivity contribution is 14.0. The van der Waals surface area contributed by atoms with Gasteiger partial charge in [0.05, 0.1) is 6.54 Å². The van der Waals surface area contributed by atoms with E-state index in [2.05, 4.69) is 32.6 Å². The Balaban J connectivity index is 0.00000264. The Morgan fingerprint density at radius 1 is 1.48 bits per heavy atom. The average Bonchev–Trinajstić information content (AvgIpc) is 3.05. The molecule has 0 saturated carbocycles. The van der Waals surface area contributed by atoms with Crippen LogP contribution in [0.2, 0.25) is 0 Å². The van der Waals surface area contributed by atoms with Gasteiger partial charge in [0.15, 0.2) is 5.96 Å². The molecule has 1 aliphatic heterocycles. The lowest BCUT2D eigenvalue weighted by atomic mass is 9.93. The van der Waals surface area contributed by atoms with E-state index in [0.717, 1.165) is 44.1 Å². The molecule has 130 valence electrons. The first-order valence-electron chi connectivity index (χ1n) is 7.86. The monoisotopic (exact) mass is 435 g/mol. The van der Waals surface area contributed by atoms with Crippen LogP contribution in [0.3, 0.4) is 0 Å². The molecule has 0 radical (unpaired) electrons. The highest BCUT2D eigenvalue weighted by Gasteiger charge is 2.23. The third kappa shape index (κ3) is 6.36.